The third-order valence-corrected chi connectivity index (χ3v) is 4.30. The predicted octanol–water partition coefficient (Wildman–Crippen LogP) is 3.87. The topological polar surface area (TPSA) is 89.8 Å². The molecule has 26 heavy (non-hydrogen) atoms. The van der Waals surface area contributed by atoms with Gasteiger partial charge in [0.15, 0.2) is 0 Å². The molecule has 0 heterocycles. The summed E-state index contributed by atoms with van der Waals surface area (Å²) >= 11 is 5.87. The summed E-state index contributed by atoms with van der Waals surface area (Å²) < 4.78 is 4.60. The number of halogens is 1. The van der Waals surface area contributed by atoms with Crippen LogP contribution in [0.5, 0.6) is 0 Å². The van der Waals surface area contributed by atoms with E-state index in [4.69, 9.17) is 11.6 Å². The largest absolute Gasteiger partial charge is 0.465 e. The van der Waals surface area contributed by atoms with Gasteiger partial charge in [-0.1, -0.05) is 23.7 Å². The van der Waals surface area contributed by atoms with Crippen molar-refractivity contribution in [3.05, 3.63) is 74.3 Å². The molecule has 0 saturated carbocycles. The fourth-order valence-corrected chi connectivity index (χ4v) is 2.55. The van der Waals surface area contributed by atoms with Crippen molar-refractivity contribution >= 4 is 29.2 Å². The Balaban J connectivity index is 2.37. The average molecular weight is 377 g/mol. The van der Waals surface area contributed by atoms with Crippen LogP contribution in [0.15, 0.2) is 42.5 Å². The monoisotopic (exact) mass is 376 g/mol. The number of benzene rings is 2. The number of methoxy groups -OCH3 is 1. The number of nitro benzene ring substituents is 1. The van der Waals surface area contributed by atoms with Crippen LogP contribution in [0, 0.1) is 10.1 Å². The zero-order valence-corrected chi connectivity index (χ0v) is 15.2. The summed E-state index contributed by atoms with van der Waals surface area (Å²) in [5, 5.41) is 11.7. The van der Waals surface area contributed by atoms with Crippen molar-refractivity contribution in [1.29, 1.82) is 0 Å². The Hall–Kier alpha value is -2.93. The molecule has 8 heteroatoms. The summed E-state index contributed by atoms with van der Waals surface area (Å²) in [7, 11) is 2.75. The number of carbonyl (C=O) groups excluding carboxylic acids is 2. The highest BCUT2D eigenvalue weighted by molar-refractivity contribution is 6.30. The molecule has 0 saturated heterocycles. The van der Waals surface area contributed by atoms with Gasteiger partial charge in [0, 0.05) is 29.8 Å². The number of rotatable bonds is 5. The lowest BCUT2D eigenvalue weighted by Crippen LogP contribution is -2.30. The van der Waals surface area contributed by atoms with Gasteiger partial charge in [0.05, 0.1) is 23.6 Å². The van der Waals surface area contributed by atoms with Crippen LogP contribution in [0.1, 0.15) is 39.2 Å². The van der Waals surface area contributed by atoms with Gasteiger partial charge in [0.2, 0.25) is 0 Å². The molecule has 0 N–H and O–H groups in total. The van der Waals surface area contributed by atoms with Gasteiger partial charge >= 0.3 is 5.97 Å². The lowest BCUT2D eigenvalue weighted by atomic mass is 10.0. The molecule has 0 unspecified atom stereocenters. The molecule has 2 aromatic carbocycles. The number of non-ortho nitro benzene ring substituents is 1. The third-order valence-electron chi connectivity index (χ3n) is 4.05. The molecule has 0 spiro atoms. The Morgan fingerprint density at radius 3 is 2.27 bits per heavy atom. The maximum atomic E-state index is 12.8. The van der Waals surface area contributed by atoms with Gasteiger partial charge < -0.3 is 9.64 Å². The van der Waals surface area contributed by atoms with Crippen LogP contribution in [0.3, 0.4) is 0 Å². The van der Waals surface area contributed by atoms with Crippen LogP contribution in [0.25, 0.3) is 0 Å². The number of ether oxygens (including phenoxy) is 1. The van der Waals surface area contributed by atoms with E-state index in [1.165, 1.54) is 11.0 Å². The number of nitro groups is 1. The van der Waals surface area contributed by atoms with Crippen LogP contribution in [0.4, 0.5) is 5.69 Å². The smallest absolute Gasteiger partial charge is 0.338 e. The molecule has 0 bridgehead atoms. The summed E-state index contributed by atoms with van der Waals surface area (Å²) in [5.74, 6) is -1.21. The minimum absolute atomic E-state index is 0.0305. The van der Waals surface area contributed by atoms with Crippen molar-refractivity contribution < 1.29 is 19.2 Å². The van der Waals surface area contributed by atoms with Gasteiger partial charge in [-0.3, -0.25) is 14.9 Å². The van der Waals surface area contributed by atoms with Crippen molar-refractivity contribution in [3.8, 4) is 0 Å². The maximum Gasteiger partial charge on any atom is 0.338 e. The molecule has 0 fully saturated rings. The minimum Gasteiger partial charge on any atom is -0.465 e. The number of nitrogens with zero attached hydrogens (tertiary/aromatic N) is 2. The molecule has 2 rings (SSSR count). The van der Waals surface area contributed by atoms with Gasteiger partial charge in [0.1, 0.15) is 0 Å². The second kappa shape index (κ2) is 7.97. The second-order valence-corrected chi connectivity index (χ2v) is 6.10. The van der Waals surface area contributed by atoms with Crippen LogP contribution in [-0.2, 0) is 4.74 Å². The van der Waals surface area contributed by atoms with E-state index >= 15 is 0 Å². The third kappa shape index (κ3) is 4.18. The normalized spacial score (nSPS) is 11.5. The standard InChI is InChI=1S/C18H17ClN2O5/c1-11(12-4-6-15(19)7-5-12)20(2)17(22)13-8-14(18(23)26-3)10-16(9-13)21(24)25/h4-11H,1-3H3/t11-/m1/s1. The minimum atomic E-state index is -0.754. The molecule has 0 radical (unpaired) electrons. The van der Waals surface area contributed by atoms with E-state index in [0.717, 1.165) is 24.8 Å². The highest BCUT2D eigenvalue weighted by atomic mass is 35.5. The SMILES string of the molecule is COC(=O)c1cc(C(=O)N(C)[C@H](C)c2ccc(Cl)cc2)cc([N+](=O)[O-])c1. The molecule has 7 nitrogen and oxygen atoms in total. The van der Waals surface area contributed by atoms with Crippen LogP contribution in [0.2, 0.25) is 5.02 Å². The molecule has 2 aromatic rings. The number of esters is 1. The van der Waals surface area contributed by atoms with Crippen LogP contribution < -0.4 is 0 Å². The summed E-state index contributed by atoms with van der Waals surface area (Å²) in [6.07, 6.45) is 0. The van der Waals surface area contributed by atoms with Gasteiger partial charge in [-0.15, -0.1) is 0 Å². The Bertz CT molecular complexity index is 851. The van der Waals surface area contributed by atoms with E-state index < -0.39 is 16.8 Å². The van der Waals surface area contributed by atoms with Crippen molar-refractivity contribution in [2.24, 2.45) is 0 Å². The van der Waals surface area contributed by atoms with Crippen LogP contribution in [-0.4, -0.2) is 35.9 Å². The Morgan fingerprint density at radius 2 is 1.73 bits per heavy atom. The highest BCUT2D eigenvalue weighted by Gasteiger charge is 2.23. The van der Waals surface area contributed by atoms with E-state index in [1.807, 2.05) is 6.92 Å². The van der Waals surface area contributed by atoms with E-state index in [1.54, 1.807) is 31.3 Å². The van der Waals surface area contributed by atoms with Gasteiger partial charge in [-0.2, -0.15) is 0 Å². The molecule has 0 aromatic heterocycles. The highest BCUT2D eigenvalue weighted by Crippen LogP contribution is 2.25. The lowest BCUT2D eigenvalue weighted by molar-refractivity contribution is -0.384. The summed E-state index contributed by atoms with van der Waals surface area (Å²) in [6.45, 7) is 1.82. The number of amides is 1. The van der Waals surface area contributed by atoms with E-state index in [0.29, 0.717) is 5.02 Å². The van der Waals surface area contributed by atoms with Gasteiger partial charge in [-0.05, 0) is 30.7 Å². The van der Waals surface area contributed by atoms with Crippen LogP contribution >= 0.6 is 11.6 Å². The zero-order chi connectivity index (χ0) is 19.4. The van der Waals surface area contributed by atoms with Crippen molar-refractivity contribution in [3.63, 3.8) is 0 Å². The summed E-state index contributed by atoms with van der Waals surface area (Å²) in [4.78, 5) is 36.4. The quantitative estimate of drug-likeness (QED) is 0.449. The maximum absolute atomic E-state index is 12.8. The molecule has 136 valence electrons. The zero-order valence-electron chi connectivity index (χ0n) is 14.4. The average Bonchev–Trinajstić information content (AvgIpc) is 2.65. The van der Waals surface area contributed by atoms with E-state index in [9.17, 15) is 19.7 Å². The second-order valence-electron chi connectivity index (χ2n) is 5.66. The molecular weight excluding hydrogens is 360 g/mol. The van der Waals surface area contributed by atoms with E-state index in [-0.39, 0.29) is 22.9 Å². The first kappa shape index (κ1) is 19.4. The first-order chi connectivity index (χ1) is 12.2. The number of hydrogen-bond donors (Lipinski definition) is 0. The predicted molar refractivity (Wildman–Crippen MR) is 96.4 cm³/mol. The van der Waals surface area contributed by atoms with Gasteiger partial charge in [0.25, 0.3) is 11.6 Å². The molecule has 0 aliphatic rings. The Labute approximate surface area is 155 Å². The number of carbonyl (C=O) groups is 2. The van der Waals surface area contributed by atoms with E-state index in [2.05, 4.69) is 4.74 Å². The first-order valence-electron chi connectivity index (χ1n) is 7.65. The van der Waals surface area contributed by atoms with Gasteiger partial charge in [-0.25, -0.2) is 4.79 Å². The summed E-state index contributed by atoms with van der Waals surface area (Å²) in [5.41, 5.74) is 0.466. The molecule has 0 aliphatic heterocycles. The fraction of sp³-hybridized carbons (Fsp3) is 0.222. The molecule has 1 atom stereocenters. The Kier molecular flexibility index (Phi) is 5.94. The number of hydrogen-bond acceptors (Lipinski definition) is 5. The molecule has 0 aliphatic carbocycles. The van der Waals surface area contributed by atoms with Crippen molar-refractivity contribution in [2.75, 3.05) is 14.2 Å². The lowest BCUT2D eigenvalue weighted by Gasteiger charge is -2.25. The first-order valence-corrected chi connectivity index (χ1v) is 8.02. The molecule has 1 amide bonds. The fourth-order valence-electron chi connectivity index (χ4n) is 2.42. The van der Waals surface area contributed by atoms with Crippen molar-refractivity contribution in [1.82, 2.24) is 4.90 Å². The summed E-state index contributed by atoms with van der Waals surface area (Å²) in [6, 6.07) is 10.2. The van der Waals surface area contributed by atoms with Crippen molar-refractivity contribution in [2.45, 2.75) is 13.0 Å². The molecular formula is C18H17ClN2O5. The Morgan fingerprint density at radius 1 is 1.15 bits per heavy atom.